The molecule has 16 heavy (non-hydrogen) atoms. The minimum absolute atomic E-state index is 0.192. The van der Waals surface area contributed by atoms with Crippen molar-refractivity contribution < 1.29 is 13.2 Å². The first-order chi connectivity index (χ1) is 7.53. The first kappa shape index (κ1) is 13.1. The van der Waals surface area contributed by atoms with E-state index >= 15 is 0 Å². The summed E-state index contributed by atoms with van der Waals surface area (Å²) in [6.07, 6.45) is -2.80. The monoisotopic (exact) mass is 237 g/mol. The van der Waals surface area contributed by atoms with Gasteiger partial charge < -0.3 is 10.2 Å². The normalized spacial score (nSPS) is 18.0. The fraction of sp³-hybridized carbons (Fsp3) is 0.900. The van der Waals surface area contributed by atoms with Gasteiger partial charge in [-0.2, -0.15) is 13.2 Å². The van der Waals surface area contributed by atoms with Crippen molar-refractivity contribution in [3.63, 3.8) is 0 Å². The van der Waals surface area contributed by atoms with E-state index in [9.17, 15) is 13.2 Å². The van der Waals surface area contributed by atoms with Crippen LogP contribution >= 0.6 is 0 Å². The SMILES string of the molecule is CCNC(=NCCC(F)(F)F)N1CCCC1. The van der Waals surface area contributed by atoms with Gasteiger partial charge in [0, 0.05) is 19.6 Å². The number of likely N-dealkylation sites (tertiary alicyclic amines) is 1. The molecule has 1 saturated heterocycles. The van der Waals surface area contributed by atoms with Gasteiger partial charge in [0.15, 0.2) is 5.96 Å². The van der Waals surface area contributed by atoms with E-state index < -0.39 is 12.6 Å². The first-order valence-electron chi connectivity index (χ1n) is 5.63. The molecule has 1 fully saturated rings. The van der Waals surface area contributed by atoms with Gasteiger partial charge in [-0.15, -0.1) is 0 Å². The number of guanidine groups is 1. The molecule has 1 aliphatic heterocycles. The Bertz CT molecular complexity index is 232. The summed E-state index contributed by atoms with van der Waals surface area (Å²) in [5.74, 6) is 0.615. The largest absolute Gasteiger partial charge is 0.390 e. The average molecular weight is 237 g/mol. The van der Waals surface area contributed by atoms with E-state index in [1.165, 1.54) is 0 Å². The molecule has 0 amide bonds. The number of nitrogens with zero attached hydrogens (tertiary/aromatic N) is 2. The highest BCUT2D eigenvalue weighted by Gasteiger charge is 2.26. The predicted molar refractivity (Wildman–Crippen MR) is 57.5 cm³/mol. The van der Waals surface area contributed by atoms with Crippen molar-refractivity contribution in [3.8, 4) is 0 Å². The molecule has 0 spiro atoms. The topological polar surface area (TPSA) is 27.6 Å². The Morgan fingerprint density at radius 2 is 1.94 bits per heavy atom. The van der Waals surface area contributed by atoms with Crippen molar-refractivity contribution >= 4 is 5.96 Å². The van der Waals surface area contributed by atoms with E-state index in [-0.39, 0.29) is 6.54 Å². The quantitative estimate of drug-likeness (QED) is 0.600. The Kier molecular flexibility index (Phi) is 4.89. The molecule has 1 heterocycles. The molecule has 1 aliphatic rings. The zero-order valence-electron chi connectivity index (χ0n) is 9.48. The lowest BCUT2D eigenvalue weighted by atomic mass is 10.4. The van der Waals surface area contributed by atoms with Crippen LogP contribution in [0.1, 0.15) is 26.2 Å². The number of hydrogen-bond donors (Lipinski definition) is 1. The van der Waals surface area contributed by atoms with E-state index in [0.29, 0.717) is 12.5 Å². The van der Waals surface area contributed by atoms with Crippen molar-refractivity contribution in [2.75, 3.05) is 26.2 Å². The van der Waals surface area contributed by atoms with Gasteiger partial charge in [-0.05, 0) is 19.8 Å². The van der Waals surface area contributed by atoms with Crippen LogP contribution in [0.2, 0.25) is 0 Å². The number of hydrogen-bond acceptors (Lipinski definition) is 1. The van der Waals surface area contributed by atoms with Crippen molar-refractivity contribution in [2.24, 2.45) is 4.99 Å². The molecule has 0 aromatic carbocycles. The molecule has 0 aromatic rings. The van der Waals surface area contributed by atoms with Gasteiger partial charge >= 0.3 is 6.18 Å². The second kappa shape index (κ2) is 5.96. The lowest BCUT2D eigenvalue weighted by molar-refractivity contribution is -0.132. The van der Waals surface area contributed by atoms with Gasteiger partial charge in [0.2, 0.25) is 0 Å². The van der Waals surface area contributed by atoms with Gasteiger partial charge in [0.1, 0.15) is 0 Å². The highest BCUT2D eigenvalue weighted by molar-refractivity contribution is 5.80. The molecule has 0 radical (unpaired) electrons. The van der Waals surface area contributed by atoms with E-state index in [2.05, 4.69) is 10.3 Å². The van der Waals surface area contributed by atoms with Gasteiger partial charge in [-0.1, -0.05) is 0 Å². The number of alkyl halides is 3. The Hall–Kier alpha value is -0.940. The third-order valence-corrected chi connectivity index (χ3v) is 2.40. The van der Waals surface area contributed by atoms with Crippen LogP contribution in [0.15, 0.2) is 4.99 Å². The van der Waals surface area contributed by atoms with Crippen LogP contribution in [0.5, 0.6) is 0 Å². The highest BCUT2D eigenvalue weighted by atomic mass is 19.4. The summed E-state index contributed by atoms with van der Waals surface area (Å²) in [7, 11) is 0. The van der Waals surface area contributed by atoms with Crippen LogP contribution in [0.25, 0.3) is 0 Å². The number of rotatable bonds is 3. The standard InChI is InChI=1S/C10H18F3N3/c1-2-14-9(16-7-3-4-8-16)15-6-5-10(11,12)13/h2-8H2,1H3,(H,14,15). The molecule has 0 bridgehead atoms. The van der Waals surface area contributed by atoms with Crippen molar-refractivity contribution in [1.82, 2.24) is 10.2 Å². The highest BCUT2D eigenvalue weighted by Crippen LogP contribution is 2.19. The zero-order valence-corrected chi connectivity index (χ0v) is 9.48. The van der Waals surface area contributed by atoms with Crippen LogP contribution in [0.4, 0.5) is 13.2 Å². The average Bonchev–Trinajstić information content (AvgIpc) is 2.67. The number of halogens is 3. The summed E-state index contributed by atoms with van der Waals surface area (Å²) < 4.78 is 35.9. The fourth-order valence-electron chi connectivity index (χ4n) is 1.64. The van der Waals surface area contributed by atoms with Crippen LogP contribution in [0.3, 0.4) is 0 Å². The minimum Gasteiger partial charge on any atom is -0.357 e. The Morgan fingerprint density at radius 3 is 2.44 bits per heavy atom. The molecule has 0 saturated carbocycles. The van der Waals surface area contributed by atoms with Crippen LogP contribution in [-0.2, 0) is 0 Å². The summed E-state index contributed by atoms with van der Waals surface area (Å²) in [6.45, 7) is 4.18. The summed E-state index contributed by atoms with van der Waals surface area (Å²) in [5, 5.41) is 3.02. The van der Waals surface area contributed by atoms with Crippen LogP contribution < -0.4 is 5.32 Å². The first-order valence-corrected chi connectivity index (χ1v) is 5.63. The van der Waals surface area contributed by atoms with Gasteiger partial charge in [0.05, 0.1) is 13.0 Å². The number of nitrogens with one attached hydrogen (secondary N) is 1. The molecule has 94 valence electrons. The minimum atomic E-state index is -4.12. The maximum atomic E-state index is 12.0. The summed E-state index contributed by atoms with van der Waals surface area (Å²) >= 11 is 0. The fourth-order valence-corrected chi connectivity index (χ4v) is 1.64. The summed E-state index contributed by atoms with van der Waals surface area (Å²) in [6, 6.07) is 0. The van der Waals surface area contributed by atoms with Crippen molar-refractivity contribution in [3.05, 3.63) is 0 Å². The second-order valence-electron chi connectivity index (χ2n) is 3.79. The molecule has 3 nitrogen and oxygen atoms in total. The van der Waals surface area contributed by atoms with E-state index in [4.69, 9.17) is 0 Å². The maximum Gasteiger partial charge on any atom is 0.390 e. The van der Waals surface area contributed by atoms with E-state index in [1.54, 1.807) is 0 Å². The molecule has 1 N–H and O–H groups in total. The molecule has 1 rings (SSSR count). The molecule has 0 unspecified atom stereocenters. The maximum absolute atomic E-state index is 12.0. The smallest absolute Gasteiger partial charge is 0.357 e. The van der Waals surface area contributed by atoms with Crippen molar-refractivity contribution in [1.29, 1.82) is 0 Å². The molecule has 6 heteroatoms. The summed E-state index contributed by atoms with van der Waals surface area (Å²) in [4.78, 5) is 6.01. The molecular formula is C10H18F3N3. The molecule has 0 aliphatic carbocycles. The zero-order chi connectivity index (χ0) is 12.0. The second-order valence-corrected chi connectivity index (χ2v) is 3.79. The van der Waals surface area contributed by atoms with Crippen LogP contribution in [-0.4, -0.2) is 43.2 Å². The van der Waals surface area contributed by atoms with E-state index in [1.807, 2.05) is 11.8 Å². The van der Waals surface area contributed by atoms with Gasteiger partial charge in [-0.25, -0.2) is 0 Å². The lowest BCUT2D eigenvalue weighted by Crippen LogP contribution is -2.39. The third-order valence-electron chi connectivity index (χ3n) is 2.40. The Morgan fingerprint density at radius 1 is 1.31 bits per heavy atom. The number of aliphatic imine (C=N–C) groups is 1. The Labute approximate surface area is 93.7 Å². The van der Waals surface area contributed by atoms with Gasteiger partial charge in [0.25, 0.3) is 0 Å². The summed E-state index contributed by atoms with van der Waals surface area (Å²) in [5.41, 5.74) is 0. The predicted octanol–water partition coefficient (Wildman–Crippen LogP) is 2.00. The van der Waals surface area contributed by atoms with Crippen molar-refractivity contribution in [2.45, 2.75) is 32.4 Å². The molecular weight excluding hydrogens is 219 g/mol. The molecule has 0 atom stereocenters. The van der Waals surface area contributed by atoms with Crippen LogP contribution in [0, 0.1) is 0 Å². The molecule has 0 aromatic heterocycles. The lowest BCUT2D eigenvalue weighted by Gasteiger charge is -2.20. The van der Waals surface area contributed by atoms with Gasteiger partial charge in [-0.3, -0.25) is 4.99 Å². The van der Waals surface area contributed by atoms with E-state index in [0.717, 1.165) is 25.9 Å². The third kappa shape index (κ3) is 4.72. The Balaban J connectivity index is 2.45.